The molecule has 1 aliphatic heterocycles. The lowest BCUT2D eigenvalue weighted by atomic mass is 9.99. The van der Waals surface area contributed by atoms with Crippen LogP contribution in [0.3, 0.4) is 0 Å². The number of benzene rings is 2. The molecule has 32 heavy (non-hydrogen) atoms. The highest BCUT2D eigenvalue weighted by molar-refractivity contribution is 7.17. The molecule has 0 radical (unpaired) electrons. The van der Waals surface area contributed by atoms with Crippen LogP contribution in [0.5, 0.6) is 0 Å². The third-order valence-corrected chi connectivity index (χ3v) is 6.71. The van der Waals surface area contributed by atoms with Crippen molar-refractivity contribution in [2.75, 3.05) is 31.2 Å². The van der Waals surface area contributed by atoms with Gasteiger partial charge in [0.05, 0.1) is 13.2 Å². The summed E-state index contributed by atoms with van der Waals surface area (Å²) < 4.78 is 12.2. The Bertz CT molecular complexity index is 1300. The topological polar surface area (TPSA) is 59.8 Å². The Morgan fingerprint density at radius 1 is 1.00 bits per heavy atom. The van der Waals surface area contributed by atoms with E-state index in [1.165, 1.54) is 11.3 Å². The Hall–Kier alpha value is -3.22. The number of Topliss-reactive ketones (excluding diaryl/α,β-unsaturated/α-hetero) is 1. The SMILES string of the molecule is O=C(CCc1ccccc1)c1cccc(-c2csc3c(=O)cc(N4CCOCC4)oc23)c1. The monoisotopic (exact) mass is 445 g/mol. The summed E-state index contributed by atoms with van der Waals surface area (Å²) in [5.74, 6) is 0.672. The lowest BCUT2D eigenvalue weighted by molar-refractivity contribution is 0.0983. The Morgan fingerprint density at radius 3 is 2.62 bits per heavy atom. The Morgan fingerprint density at radius 2 is 1.81 bits per heavy atom. The minimum atomic E-state index is -0.0425. The Kier molecular flexibility index (Phi) is 5.88. The Balaban J connectivity index is 1.44. The van der Waals surface area contributed by atoms with Crippen LogP contribution >= 0.6 is 11.3 Å². The molecular formula is C26H23NO4S. The van der Waals surface area contributed by atoms with Crippen molar-refractivity contribution in [3.63, 3.8) is 0 Å². The van der Waals surface area contributed by atoms with Crippen molar-refractivity contribution in [1.82, 2.24) is 0 Å². The zero-order valence-electron chi connectivity index (χ0n) is 17.6. The van der Waals surface area contributed by atoms with Gasteiger partial charge in [-0.25, -0.2) is 0 Å². The maximum atomic E-state index is 12.8. The summed E-state index contributed by atoms with van der Waals surface area (Å²) in [6.45, 7) is 2.62. The molecule has 1 aliphatic rings. The second-order valence-corrected chi connectivity index (χ2v) is 8.73. The fraction of sp³-hybridized carbons (Fsp3) is 0.231. The molecule has 3 heterocycles. The maximum absolute atomic E-state index is 12.8. The zero-order valence-corrected chi connectivity index (χ0v) is 18.4. The molecule has 5 rings (SSSR count). The van der Waals surface area contributed by atoms with Crippen LogP contribution in [-0.4, -0.2) is 32.1 Å². The molecule has 1 saturated heterocycles. The van der Waals surface area contributed by atoms with Gasteiger partial charge in [-0.3, -0.25) is 9.59 Å². The fourth-order valence-electron chi connectivity index (χ4n) is 3.98. The van der Waals surface area contributed by atoms with Gasteiger partial charge in [-0.2, -0.15) is 0 Å². The fourth-order valence-corrected chi connectivity index (χ4v) is 4.89. The average molecular weight is 446 g/mol. The van der Waals surface area contributed by atoms with Gasteiger partial charge in [0.15, 0.2) is 17.3 Å². The molecule has 6 heteroatoms. The molecule has 162 valence electrons. The van der Waals surface area contributed by atoms with E-state index < -0.39 is 0 Å². The van der Waals surface area contributed by atoms with Crippen LogP contribution in [0.1, 0.15) is 22.3 Å². The Labute approximate surface area is 189 Å². The second-order valence-electron chi connectivity index (χ2n) is 7.85. The number of nitrogens with zero attached hydrogens (tertiary/aromatic N) is 1. The molecule has 0 bridgehead atoms. The summed E-state index contributed by atoms with van der Waals surface area (Å²) in [6, 6.07) is 19.2. The van der Waals surface area contributed by atoms with Gasteiger partial charge in [0.25, 0.3) is 0 Å². The number of hydrogen-bond donors (Lipinski definition) is 0. The maximum Gasteiger partial charge on any atom is 0.204 e. The molecule has 2 aromatic heterocycles. The van der Waals surface area contributed by atoms with E-state index in [-0.39, 0.29) is 11.2 Å². The first kappa shape index (κ1) is 20.7. The number of aryl methyl sites for hydroxylation is 1. The smallest absolute Gasteiger partial charge is 0.204 e. The van der Waals surface area contributed by atoms with Gasteiger partial charge in [0.2, 0.25) is 5.43 Å². The lowest BCUT2D eigenvalue weighted by Gasteiger charge is -2.27. The summed E-state index contributed by atoms with van der Waals surface area (Å²) >= 11 is 1.38. The van der Waals surface area contributed by atoms with E-state index in [1.54, 1.807) is 6.07 Å². The van der Waals surface area contributed by atoms with Gasteiger partial charge in [-0.15, -0.1) is 11.3 Å². The summed E-state index contributed by atoms with van der Waals surface area (Å²) in [5.41, 5.74) is 4.08. The molecule has 2 aromatic carbocycles. The number of carbonyl (C=O) groups is 1. The van der Waals surface area contributed by atoms with Crippen LogP contribution in [0.15, 0.2) is 75.3 Å². The molecule has 0 N–H and O–H groups in total. The van der Waals surface area contributed by atoms with E-state index >= 15 is 0 Å². The van der Waals surface area contributed by atoms with E-state index in [9.17, 15) is 9.59 Å². The molecule has 0 aliphatic carbocycles. The van der Waals surface area contributed by atoms with Crippen LogP contribution in [0.2, 0.25) is 0 Å². The minimum Gasteiger partial charge on any atom is -0.439 e. The van der Waals surface area contributed by atoms with Crippen LogP contribution in [0.4, 0.5) is 5.88 Å². The standard InChI is InChI=1S/C26H23NO4S/c28-22(10-9-18-5-2-1-3-6-18)20-8-4-7-19(15-20)21-17-32-26-23(29)16-24(31-25(21)26)27-11-13-30-14-12-27/h1-8,15-17H,9-14H2. The number of anilines is 1. The predicted molar refractivity (Wildman–Crippen MR) is 128 cm³/mol. The first-order valence-corrected chi connectivity index (χ1v) is 11.6. The molecule has 0 amide bonds. The molecule has 1 fully saturated rings. The van der Waals surface area contributed by atoms with Gasteiger partial charge in [0.1, 0.15) is 4.70 Å². The molecule has 0 atom stereocenters. The van der Waals surface area contributed by atoms with Gasteiger partial charge >= 0.3 is 0 Å². The lowest BCUT2D eigenvalue weighted by Crippen LogP contribution is -2.36. The summed E-state index contributed by atoms with van der Waals surface area (Å²) in [6.07, 6.45) is 1.16. The van der Waals surface area contributed by atoms with Gasteiger partial charge < -0.3 is 14.1 Å². The highest BCUT2D eigenvalue weighted by atomic mass is 32.1. The van der Waals surface area contributed by atoms with Gasteiger partial charge in [-0.05, 0) is 23.6 Å². The van der Waals surface area contributed by atoms with E-state index in [0.717, 1.165) is 16.7 Å². The number of ketones is 1. The van der Waals surface area contributed by atoms with Crippen molar-refractivity contribution in [3.8, 4) is 11.1 Å². The number of hydrogen-bond acceptors (Lipinski definition) is 6. The first-order valence-electron chi connectivity index (χ1n) is 10.7. The molecule has 0 spiro atoms. The van der Waals surface area contributed by atoms with Crippen molar-refractivity contribution < 1.29 is 13.9 Å². The van der Waals surface area contributed by atoms with Crippen LogP contribution < -0.4 is 10.3 Å². The first-order chi connectivity index (χ1) is 15.7. The third kappa shape index (κ3) is 4.24. The molecule has 0 saturated carbocycles. The van der Waals surface area contributed by atoms with E-state index in [2.05, 4.69) is 0 Å². The van der Waals surface area contributed by atoms with Crippen LogP contribution in [0.25, 0.3) is 21.4 Å². The van der Waals surface area contributed by atoms with Crippen molar-refractivity contribution in [2.24, 2.45) is 0 Å². The molecule has 5 nitrogen and oxygen atoms in total. The van der Waals surface area contributed by atoms with Crippen molar-refractivity contribution in [1.29, 1.82) is 0 Å². The number of carbonyl (C=O) groups excluding carboxylic acids is 1. The molecule has 4 aromatic rings. The number of ether oxygens (including phenoxy) is 1. The van der Waals surface area contributed by atoms with Crippen LogP contribution in [0, 0.1) is 0 Å². The second kappa shape index (κ2) is 9.10. The van der Waals surface area contributed by atoms with Crippen molar-refractivity contribution >= 4 is 33.3 Å². The quantitative estimate of drug-likeness (QED) is 0.383. The molecular weight excluding hydrogens is 422 g/mol. The number of rotatable bonds is 6. The largest absolute Gasteiger partial charge is 0.439 e. The van der Waals surface area contributed by atoms with Crippen molar-refractivity contribution in [2.45, 2.75) is 12.8 Å². The average Bonchev–Trinajstić information content (AvgIpc) is 3.28. The van der Waals surface area contributed by atoms with Crippen LogP contribution in [-0.2, 0) is 11.2 Å². The number of fused-ring (bicyclic) bond motifs is 1. The van der Waals surface area contributed by atoms with Crippen molar-refractivity contribution in [3.05, 3.63) is 87.4 Å². The molecule has 0 unspecified atom stereocenters. The van der Waals surface area contributed by atoms with E-state index in [4.69, 9.17) is 9.15 Å². The highest BCUT2D eigenvalue weighted by Gasteiger charge is 2.19. The normalized spacial score (nSPS) is 14.1. The third-order valence-electron chi connectivity index (χ3n) is 5.73. The van der Waals surface area contributed by atoms with E-state index in [1.807, 2.05) is 64.9 Å². The summed E-state index contributed by atoms with van der Waals surface area (Å²) in [5, 5.41) is 1.94. The van der Waals surface area contributed by atoms with Gasteiger partial charge in [0, 0.05) is 42.1 Å². The minimum absolute atomic E-state index is 0.0425. The summed E-state index contributed by atoms with van der Waals surface area (Å²) in [4.78, 5) is 27.6. The van der Waals surface area contributed by atoms with Gasteiger partial charge in [-0.1, -0.05) is 48.5 Å². The van der Waals surface area contributed by atoms with E-state index in [0.29, 0.717) is 60.9 Å². The predicted octanol–water partition coefficient (Wildman–Crippen LogP) is 5.17. The summed E-state index contributed by atoms with van der Waals surface area (Å²) in [7, 11) is 0. The number of thiophene rings is 1. The zero-order chi connectivity index (χ0) is 21.9. The highest BCUT2D eigenvalue weighted by Crippen LogP contribution is 2.35. The number of morpholine rings is 1.